The third kappa shape index (κ3) is 5.13. The molecule has 32 heavy (non-hydrogen) atoms. The largest absolute Gasteiger partial charge is 0.346 e. The van der Waals surface area contributed by atoms with Crippen molar-refractivity contribution < 1.29 is 9.59 Å². The average Bonchev–Trinajstić information content (AvgIpc) is 3.14. The number of carbonyl (C=O) groups is 2. The van der Waals surface area contributed by atoms with Crippen molar-refractivity contribution >= 4 is 34.4 Å². The molecule has 2 amide bonds. The van der Waals surface area contributed by atoms with Crippen LogP contribution in [0.4, 0.5) is 0 Å². The molecule has 0 saturated carbocycles. The molecule has 4 rings (SSSR count). The monoisotopic (exact) mass is 452 g/mol. The lowest BCUT2D eigenvalue weighted by Gasteiger charge is -2.30. The van der Waals surface area contributed by atoms with Crippen molar-refractivity contribution in [2.24, 2.45) is 5.92 Å². The summed E-state index contributed by atoms with van der Waals surface area (Å²) in [4.78, 5) is 32.4. The number of likely N-dealkylation sites (tertiary alicyclic amines) is 1. The fourth-order valence-corrected chi connectivity index (χ4v) is 4.35. The van der Waals surface area contributed by atoms with Gasteiger partial charge in [0, 0.05) is 18.1 Å². The molecule has 2 aromatic carbocycles. The number of fused-ring (bicyclic) bond motifs is 1. The summed E-state index contributed by atoms with van der Waals surface area (Å²) in [5.74, 6) is 1.35. The van der Waals surface area contributed by atoms with E-state index in [0.29, 0.717) is 16.8 Å². The Bertz CT molecular complexity index is 1100. The molecule has 168 valence electrons. The van der Waals surface area contributed by atoms with Crippen molar-refractivity contribution in [3.63, 3.8) is 0 Å². The summed E-state index contributed by atoms with van der Waals surface area (Å²) >= 11 is 5.93. The number of nitrogens with one attached hydrogen (secondary N) is 1. The molecule has 0 spiro atoms. The van der Waals surface area contributed by atoms with Crippen LogP contribution in [0.25, 0.3) is 11.0 Å². The topological polar surface area (TPSA) is 67.2 Å². The van der Waals surface area contributed by atoms with Crippen LogP contribution in [0, 0.1) is 5.92 Å². The van der Waals surface area contributed by atoms with E-state index in [-0.39, 0.29) is 30.8 Å². The predicted octanol–water partition coefficient (Wildman–Crippen LogP) is 4.37. The number of carbonyl (C=O) groups excluding carboxylic acids is 2. The summed E-state index contributed by atoms with van der Waals surface area (Å²) in [6.45, 7) is 5.97. The standard InChI is InChI=1S/C25H29ClN4O2/c1-17-11-13-29(14-12-17)24(32)16-30-22-6-4-3-5-21(22)28-25(30)18(2)27-23(31)15-19-7-9-20(26)10-8-19/h3-10,17-18H,11-16H2,1-2H3,(H,27,31). The van der Waals surface area contributed by atoms with E-state index >= 15 is 0 Å². The number of aromatic nitrogens is 2. The molecule has 1 saturated heterocycles. The van der Waals surface area contributed by atoms with Crippen LogP contribution in [-0.4, -0.2) is 39.4 Å². The number of hydrogen-bond donors (Lipinski definition) is 1. The van der Waals surface area contributed by atoms with Crippen molar-refractivity contribution in [1.29, 1.82) is 0 Å². The maximum atomic E-state index is 13.1. The van der Waals surface area contributed by atoms with Crippen LogP contribution in [0.2, 0.25) is 5.02 Å². The number of halogens is 1. The molecule has 3 aromatic rings. The number of rotatable bonds is 6. The van der Waals surface area contributed by atoms with Gasteiger partial charge in [0.05, 0.1) is 23.5 Å². The van der Waals surface area contributed by atoms with Gasteiger partial charge in [0.25, 0.3) is 0 Å². The molecule has 0 aliphatic carbocycles. The van der Waals surface area contributed by atoms with Crippen molar-refractivity contribution in [2.75, 3.05) is 13.1 Å². The first kappa shape index (κ1) is 22.3. The van der Waals surface area contributed by atoms with Gasteiger partial charge in [-0.15, -0.1) is 0 Å². The van der Waals surface area contributed by atoms with Gasteiger partial charge in [-0.2, -0.15) is 0 Å². The smallest absolute Gasteiger partial charge is 0.242 e. The summed E-state index contributed by atoms with van der Waals surface area (Å²) in [6.07, 6.45) is 2.34. The fraction of sp³-hybridized carbons (Fsp3) is 0.400. The normalized spacial score (nSPS) is 15.7. The Morgan fingerprint density at radius 2 is 1.81 bits per heavy atom. The van der Waals surface area contributed by atoms with Gasteiger partial charge < -0.3 is 14.8 Å². The molecule has 7 heteroatoms. The minimum absolute atomic E-state index is 0.0981. The van der Waals surface area contributed by atoms with Gasteiger partial charge in [0.1, 0.15) is 12.4 Å². The van der Waals surface area contributed by atoms with Crippen molar-refractivity contribution in [1.82, 2.24) is 19.8 Å². The molecule has 1 aliphatic heterocycles. The van der Waals surface area contributed by atoms with Crippen LogP contribution in [0.1, 0.15) is 44.1 Å². The molecular weight excluding hydrogens is 424 g/mol. The van der Waals surface area contributed by atoms with Crippen molar-refractivity contribution in [3.8, 4) is 0 Å². The Hall–Kier alpha value is -2.86. The maximum absolute atomic E-state index is 13.1. The van der Waals surface area contributed by atoms with Gasteiger partial charge >= 0.3 is 0 Å². The lowest BCUT2D eigenvalue weighted by atomic mass is 9.99. The number of nitrogens with zero attached hydrogens (tertiary/aromatic N) is 3. The van der Waals surface area contributed by atoms with Crippen LogP contribution in [0.3, 0.4) is 0 Å². The highest BCUT2D eigenvalue weighted by molar-refractivity contribution is 6.30. The molecule has 0 bridgehead atoms. The van der Waals surface area contributed by atoms with Gasteiger partial charge in [-0.1, -0.05) is 42.8 Å². The number of imidazole rings is 1. The van der Waals surface area contributed by atoms with Gasteiger partial charge in [0.15, 0.2) is 0 Å². The van der Waals surface area contributed by atoms with Crippen LogP contribution in [-0.2, 0) is 22.6 Å². The van der Waals surface area contributed by atoms with E-state index in [4.69, 9.17) is 16.6 Å². The SMILES string of the molecule is CC1CCN(C(=O)Cn2c(C(C)NC(=O)Cc3ccc(Cl)cc3)nc3ccccc32)CC1. The summed E-state index contributed by atoms with van der Waals surface area (Å²) in [5.41, 5.74) is 2.61. The van der Waals surface area contributed by atoms with E-state index in [2.05, 4.69) is 12.2 Å². The highest BCUT2D eigenvalue weighted by Gasteiger charge is 2.24. The third-order valence-electron chi connectivity index (χ3n) is 6.16. The van der Waals surface area contributed by atoms with E-state index in [1.807, 2.05) is 52.8 Å². The van der Waals surface area contributed by atoms with E-state index in [0.717, 1.165) is 42.5 Å². The molecule has 1 atom stereocenters. The lowest BCUT2D eigenvalue weighted by molar-refractivity contribution is -0.133. The Morgan fingerprint density at radius 3 is 2.53 bits per heavy atom. The van der Waals surface area contributed by atoms with E-state index < -0.39 is 0 Å². The molecular formula is C25H29ClN4O2. The number of hydrogen-bond acceptors (Lipinski definition) is 3. The van der Waals surface area contributed by atoms with E-state index in [1.165, 1.54) is 0 Å². The third-order valence-corrected chi connectivity index (χ3v) is 6.41. The first-order valence-corrected chi connectivity index (χ1v) is 11.5. The zero-order valence-corrected chi connectivity index (χ0v) is 19.3. The zero-order valence-electron chi connectivity index (χ0n) is 18.6. The Balaban J connectivity index is 1.51. The average molecular weight is 453 g/mol. The second kappa shape index (κ2) is 9.74. The summed E-state index contributed by atoms with van der Waals surface area (Å²) in [6, 6.07) is 14.7. The van der Waals surface area contributed by atoms with Gasteiger partial charge in [-0.25, -0.2) is 4.98 Å². The Morgan fingerprint density at radius 1 is 1.12 bits per heavy atom. The molecule has 2 heterocycles. The second-order valence-corrected chi connectivity index (χ2v) is 9.14. The number of benzene rings is 2. The van der Waals surface area contributed by atoms with E-state index in [9.17, 15) is 9.59 Å². The first-order valence-electron chi connectivity index (χ1n) is 11.2. The van der Waals surface area contributed by atoms with Crippen molar-refractivity contribution in [2.45, 2.75) is 45.7 Å². The highest BCUT2D eigenvalue weighted by atomic mass is 35.5. The molecule has 1 aliphatic rings. The Kier molecular flexibility index (Phi) is 6.80. The van der Waals surface area contributed by atoms with Crippen LogP contribution in [0.15, 0.2) is 48.5 Å². The minimum Gasteiger partial charge on any atom is -0.346 e. The molecule has 0 radical (unpaired) electrons. The molecule has 1 N–H and O–H groups in total. The van der Waals surface area contributed by atoms with Gasteiger partial charge in [-0.05, 0) is 55.5 Å². The van der Waals surface area contributed by atoms with Gasteiger partial charge in [0.2, 0.25) is 11.8 Å². The van der Waals surface area contributed by atoms with E-state index in [1.54, 1.807) is 12.1 Å². The predicted molar refractivity (Wildman–Crippen MR) is 126 cm³/mol. The zero-order chi connectivity index (χ0) is 22.7. The van der Waals surface area contributed by atoms with Gasteiger partial charge in [-0.3, -0.25) is 9.59 Å². The molecule has 1 unspecified atom stereocenters. The summed E-state index contributed by atoms with van der Waals surface area (Å²) in [7, 11) is 0. The molecule has 1 fully saturated rings. The van der Waals surface area contributed by atoms with Crippen LogP contribution >= 0.6 is 11.6 Å². The first-order chi connectivity index (χ1) is 15.4. The minimum atomic E-state index is -0.337. The molecule has 1 aromatic heterocycles. The Labute approximate surface area is 193 Å². The van der Waals surface area contributed by atoms with Crippen LogP contribution in [0.5, 0.6) is 0 Å². The quantitative estimate of drug-likeness (QED) is 0.604. The summed E-state index contributed by atoms with van der Waals surface area (Å²) in [5, 5.41) is 3.68. The highest BCUT2D eigenvalue weighted by Crippen LogP contribution is 2.23. The van der Waals surface area contributed by atoms with Crippen molar-refractivity contribution in [3.05, 3.63) is 64.9 Å². The second-order valence-electron chi connectivity index (χ2n) is 8.70. The van der Waals surface area contributed by atoms with Crippen LogP contribution < -0.4 is 5.32 Å². The lowest BCUT2D eigenvalue weighted by Crippen LogP contribution is -2.40. The molecule has 6 nitrogen and oxygen atoms in total. The number of amides is 2. The fourth-order valence-electron chi connectivity index (χ4n) is 4.23. The maximum Gasteiger partial charge on any atom is 0.242 e. The summed E-state index contributed by atoms with van der Waals surface area (Å²) < 4.78 is 1.95. The number of piperidine rings is 1. The number of para-hydroxylation sites is 2.